The van der Waals surface area contributed by atoms with Crippen LogP contribution in [0.1, 0.15) is 24.8 Å². The van der Waals surface area contributed by atoms with Crippen molar-refractivity contribution < 1.29 is 12.6 Å². The van der Waals surface area contributed by atoms with Gasteiger partial charge in [-0.1, -0.05) is 24.1 Å². The van der Waals surface area contributed by atoms with E-state index in [0.29, 0.717) is 11.8 Å². The molecule has 1 saturated carbocycles. The number of rotatable bonds is 3. The van der Waals surface area contributed by atoms with Crippen LogP contribution >= 0.6 is 0 Å². The predicted molar refractivity (Wildman–Crippen MR) is 81.6 cm³/mol. The van der Waals surface area contributed by atoms with E-state index in [-0.39, 0.29) is 11.0 Å². The van der Waals surface area contributed by atoms with E-state index in [4.69, 9.17) is 4.18 Å². The summed E-state index contributed by atoms with van der Waals surface area (Å²) in [4.78, 5) is 2.57. The van der Waals surface area contributed by atoms with Crippen molar-refractivity contribution in [3.05, 3.63) is 29.8 Å². The molecule has 116 valence electrons. The number of likely N-dealkylation sites (tertiary alicyclic amines) is 1. The van der Waals surface area contributed by atoms with E-state index in [1.165, 1.54) is 6.42 Å². The Hall–Kier alpha value is -0.910. The highest BCUT2D eigenvalue weighted by molar-refractivity contribution is 7.86. The summed E-state index contributed by atoms with van der Waals surface area (Å²) < 4.78 is 30.6. The summed E-state index contributed by atoms with van der Waals surface area (Å²) in [6, 6.07) is 6.89. The second-order valence-electron chi connectivity index (χ2n) is 6.50. The standard InChI is InChI=1S/C16H23NO3S/c1-12-6-8-15(9-7-12)21(18,19)20-16-13-4-3-5-14(16)11-17(2)10-13/h6-9,13-14,16H,3-5,10-11H2,1-2H3. The molecule has 2 unspecified atom stereocenters. The lowest BCUT2D eigenvalue weighted by Gasteiger charge is -2.45. The van der Waals surface area contributed by atoms with Gasteiger partial charge < -0.3 is 4.90 Å². The number of fused-ring (bicyclic) bond motifs is 2. The Kier molecular flexibility index (Phi) is 4.08. The average molecular weight is 309 g/mol. The predicted octanol–water partition coefficient (Wildman–Crippen LogP) is 2.43. The molecule has 1 aliphatic heterocycles. The molecule has 0 aromatic heterocycles. The van der Waals surface area contributed by atoms with E-state index >= 15 is 0 Å². The molecule has 2 atom stereocenters. The summed E-state index contributed by atoms with van der Waals surface area (Å²) >= 11 is 0. The van der Waals surface area contributed by atoms with Gasteiger partial charge in [-0.3, -0.25) is 4.18 Å². The van der Waals surface area contributed by atoms with Gasteiger partial charge in [0.2, 0.25) is 0 Å². The van der Waals surface area contributed by atoms with Crippen LogP contribution in [0.4, 0.5) is 0 Å². The molecule has 0 N–H and O–H groups in total. The van der Waals surface area contributed by atoms with Gasteiger partial charge in [0, 0.05) is 13.1 Å². The van der Waals surface area contributed by atoms with Crippen molar-refractivity contribution in [2.45, 2.75) is 37.2 Å². The van der Waals surface area contributed by atoms with Crippen LogP contribution < -0.4 is 0 Å². The highest BCUT2D eigenvalue weighted by Crippen LogP contribution is 2.37. The van der Waals surface area contributed by atoms with Crippen molar-refractivity contribution in [2.75, 3.05) is 20.1 Å². The number of nitrogens with zero attached hydrogens (tertiary/aromatic N) is 1. The second kappa shape index (κ2) is 5.71. The van der Waals surface area contributed by atoms with Gasteiger partial charge in [-0.2, -0.15) is 8.42 Å². The smallest absolute Gasteiger partial charge is 0.297 e. The zero-order valence-corrected chi connectivity index (χ0v) is 13.5. The molecule has 2 fully saturated rings. The van der Waals surface area contributed by atoms with Crippen LogP contribution in [0.2, 0.25) is 0 Å². The maximum atomic E-state index is 12.5. The van der Waals surface area contributed by atoms with E-state index < -0.39 is 10.1 Å². The van der Waals surface area contributed by atoms with E-state index in [0.717, 1.165) is 31.5 Å². The minimum atomic E-state index is -3.65. The monoisotopic (exact) mass is 309 g/mol. The fourth-order valence-corrected chi connectivity index (χ4v) is 4.87. The highest BCUT2D eigenvalue weighted by Gasteiger charge is 2.41. The SMILES string of the molecule is Cc1ccc(S(=O)(=O)OC2C3CCCC2CN(C)C3)cc1. The Morgan fingerprint density at radius 1 is 1.10 bits per heavy atom. The molecule has 1 aromatic carbocycles. The van der Waals surface area contributed by atoms with Crippen LogP contribution in [-0.4, -0.2) is 39.6 Å². The zero-order valence-electron chi connectivity index (χ0n) is 12.7. The van der Waals surface area contributed by atoms with E-state index in [1.807, 2.05) is 19.1 Å². The van der Waals surface area contributed by atoms with Gasteiger partial charge >= 0.3 is 0 Å². The Morgan fingerprint density at radius 2 is 1.67 bits per heavy atom. The normalized spacial score (nSPS) is 30.3. The summed E-state index contributed by atoms with van der Waals surface area (Å²) in [5.74, 6) is 0.672. The molecule has 3 rings (SSSR count). The van der Waals surface area contributed by atoms with Crippen LogP contribution in [0.15, 0.2) is 29.2 Å². The highest BCUT2D eigenvalue weighted by atomic mass is 32.2. The lowest BCUT2D eigenvalue weighted by atomic mass is 9.75. The third-order valence-electron chi connectivity index (χ3n) is 4.72. The number of benzene rings is 1. The summed E-state index contributed by atoms with van der Waals surface area (Å²) in [5.41, 5.74) is 1.05. The first-order valence-electron chi connectivity index (χ1n) is 7.64. The first-order valence-corrected chi connectivity index (χ1v) is 9.05. The summed E-state index contributed by atoms with van der Waals surface area (Å²) in [6.07, 6.45) is 3.17. The molecule has 0 amide bonds. The minimum Gasteiger partial charge on any atom is -0.306 e. The molecule has 0 spiro atoms. The molecule has 2 aliphatic rings. The molecule has 1 heterocycles. The van der Waals surface area contributed by atoms with Crippen LogP contribution in [0.25, 0.3) is 0 Å². The van der Waals surface area contributed by atoms with Gasteiger partial charge in [-0.15, -0.1) is 0 Å². The van der Waals surface area contributed by atoms with Crippen LogP contribution in [0.3, 0.4) is 0 Å². The van der Waals surface area contributed by atoms with Crippen LogP contribution in [-0.2, 0) is 14.3 Å². The molecule has 4 nitrogen and oxygen atoms in total. The molecular weight excluding hydrogens is 286 g/mol. The molecule has 21 heavy (non-hydrogen) atoms. The van der Waals surface area contributed by atoms with Crippen LogP contribution in [0.5, 0.6) is 0 Å². The van der Waals surface area contributed by atoms with E-state index in [9.17, 15) is 8.42 Å². The van der Waals surface area contributed by atoms with Gasteiger partial charge in [0.25, 0.3) is 10.1 Å². The molecule has 1 saturated heterocycles. The number of hydrogen-bond acceptors (Lipinski definition) is 4. The maximum absolute atomic E-state index is 12.5. The fourth-order valence-electron chi connectivity index (χ4n) is 3.69. The van der Waals surface area contributed by atoms with Crippen LogP contribution in [0, 0.1) is 18.8 Å². The Morgan fingerprint density at radius 3 is 2.24 bits per heavy atom. The molecule has 5 heteroatoms. The molecular formula is C16H23NO3S. The van der Waals surface area contributed by atoms with Gasteiger partial charge in [0.05, 0.1) is 11.0 Å². The molecule has 1 aromatic rings. The summed E-state index contributed by atoms with van der Waals surface area (Å²) in [7, 11) is -1.55. The second-order valence-corrected chi connectivity index (χ2v) is 8.07. The van der Waals surface area contributed by atoms with Crippen molar-refractivity contribution in [3.8, 4) is 0 Å². The van der Waals surface area contributed by atoms with E-state index in [2.05, 4.69) is 11.9 Å². The van der Waals surface area contributed by atoms with Gasteiger partial charge in [-0.25, -0.2) is 0 Å². The lowest BCUT2D eigenvalue weighted by Crippen LogP contribution is -2.51. The summed E-state index contributed by atoms with van der Waals surface area (Å²) in [5, 5.41) is 0. The average Bonchev–Trinajstić information content (AvgIpc) is 2.40. The largest absolute Gasteiger partial charge is 0.306 e. The Balaban J connectivity index is 1.80. The lowest BCUT2D eigenvalue weighted by molar-refractivity contribution is -0.0223. The van der Waals surface area contributed by atoms with Crippen molar-refractivity contribution in [3.63, 3.8) is 0 Å². The van der Waals surface area contributed by atoms with Gasteiger partial charge in [0.1, 0.15) is 0 Å². The van der Waals surface area contributed by atoms with Gasteiger partial charge in [0.15, 0.2) is 0 Å². The van der Waals surface area contributed by atoms with Crippen molar-refractivity contribution in [2.24, 2.45) is 11.8 Å². The topological polar surface area (TPSA) is 46.6 Å². The molecule has 1 aliphatic carbocycles. The van der Waals surface area contributed by atoms with E-state index in [1.54, 1.807) is 12.1 Å². The number of piperidine rings is 1. The number of aryl methyl sites for hydroxylation is 1. The number of hydrogen-bond donors (Lipinski definition) is 0. The zero-order chi connectivity index (χ0) is 15.0. The quantitative estimate of drug-likeness (QED) is 0.805. The third kappa shape index (κ3) is 3.15. The molecule has 0 radical (unpaired) electrons. The first kappa shape index (κ1) is 15.0. The van der Waals surface area contributed by atoms with Crippen molar-refractivity contribution >= 4 is 10.1 Å². The Labute approximate surface area is 127 Å². The van der Waals surface area contributed by atoms with Crippen molar-refractivity contribution in [1.29, 1.82) is 0 Å². The molecule has 2 bridgehead atoms. The Bertz CT molecular complexity index is 582. The third-order valence-corrected chi connectivity index (χ3v) is 6.04. The summed E-state index contributed by atoms with van der Waals surface area (Å²) in [6.45, 7) is 3.81. The maximum Gasteiger partial charge on any atom is 0.297 e. The minimum absolute atomic E-state index is 0.152. The van der Waals surface area contributed by atoms with Crippen molar-refractivity contribution in [1.82, 2.24) is 4.90 Å². The fraction of sp³-hybridized carbons (Fsp3) is 0.625. The first-order chi connectivity index (χ1) is 9.95. The van der Waals surface area contributed by atoms with Gasteiger partial charge in [-0.05, 0) is 50.8 Å².